The minimum atomic E-state index is 0.0692. The number of hydrogen-bond donors (Lipinski definition) is 1. The average Bonchev–Trinajstić information content (AvgIpc) is 2.86. The van der Waals surface area contributed by atoms with Crippen LogP contribution in [0.1, 0.15) is 17.5 Å². The fourth-order valence-corrected chi connectivity index (χ4v) is 3.14. The molecule has 1 aromatic rings. The predicted octanol–water partition coefficient (Wildman–Crippen LogP) is 1.26. The Labute approximate surface area is 139 Å². The van der Waals surface area contributed by atoms with E-state index in [2.05, 4.69) is 41.2 Å². The zero-order valence-electron chi connectivity index (χ0n) is 14.7. The fraction of sp³-hybridized carbons (Fsp3) is 0.611. The summed E-state index contributed by atoms with van der Waals surface area (Å²) in [5.41, 5.74) is 2.38. The minimum Gasteiger partial charge on any atom is -0.380 e. The lowest BCUT2D eigenvalue weighted by molar-refractivity contribution is -0.122. The molecule has 1 aliphatic rings. The van der Waals surface area contributed by atoms with Crippen LogP contribution >= 0.6 is 0 Å². The van der Waals surface area contributed by atoms with Gasteiger partial charge in [-0.05, 0) is 38.6 Å². The highest BCUT2D eigenvalue weighted by Crippen LogP contribution is 2.18. The zero-order valence-corrected chi connectivity index (χ0v) is 14.7. The van der Waals surface area contributed by atoms with Gasteiger partial charge in [-0.25, -0.2) is 0 Å². The van der Waals surface area contributed by atoms with Gasteiger partial charge in [-0.15, -0.1) is 0 Å². The Morgan fingerprint density at radius 1 is 1.43 bits per heavy atom. The SMILES string of the molecule is CO[C@H]1C[C@@H](CN(C)CC(=O)NCc2ccccc2C)N(C)C1. The Bertz CT molecular complexity index is 521. The summed E-state index contributed by atoms with van der Waals surface area (Å²) in [5, 5.41) is 3.01. The van der Waals surface area contributed by atoms with Gasteiger partial charge in [0.15, 0.2) is 0 Å². The molecule has 0 radical (unpaired) electrons. The molecule has 2 rings (SSSR count). The number of carbonyl (C=O) groups is 1. The summed E-state index contributed by atoms with van der Waals surface area (Å²) in [6.07, 6.45) is 1.34. The van der Waals surface area contributed by atoms with Crippen molar-refractivity contribution in [3.63, 3.8) is 0 Å². The molecule has 1 saturated heterocycles. The van der Waals surface area contributed by atoms with Crippen LogP contribution in [0.5, 0.6) is 0 Å². The van der Waals surface area contributed by atoms with Crippen LogP contribution in [0, 0.1) is 6.92 Å². The molecule has 0 bridgehead atoms. The van der Waals surface area contributed by atoms with Gasteiger partial charge in [0.05, 0.1) is 12.6 Å². The van der Waals surface area contributed by atoms with E-state index >= 15 is 0 Å². The number of hydrogen-bond acceptors (Lipinski definition) is 4. The number of methoxy groups -OCH3 is 1. The van der Waals surface area contributed by atoms with Gasteiger partial charge in [0, 0.05) is 32.8 Å². The third-order valence-corrected chi connectivity index (χ3v) is 4.66. The van der Waals surface area contributed by atoms with E-state index in [-0.39, 0.29) is 5.91 Å². The summed E-state index contributed by atoms with van der Waals surface area (Å²) in [6, 6.07) is 8.59. The van der Waals surface area contributed by atoms with Crippen molar-refractivity contribution in [3.05, 3.63) is 35.4 Å². The molecule has 1 amide bonds. The minimum absolute atomic E-state index is 0.0692. The third-order valence-electron chi connectivity index (χ3n) is 4.66. The van der Waals surface area contributed by atoms with Gasteiger partial charge in [0.25, 0.3) is 0 Å². The number of likely N-dealkylation sites (N-methyl/N-ethyl adjacent to an activating group) is 2. The molecule has 128 valence electrons. The summed E-state index contributed by atoms with van der Waals surface area (Å²) in [7, 11) is 5.89. The van der Waals surface area contributed by atoms with E-state index in [1.807, 2.05) is 19.2 Å². The second-order valence-corrected chi connectivity index (χ2v) is 6.59. The van der Waals surface area contributed by atoms with Crippen LogP contribution in [-0.2, 0) is 16.1 Å². The van der Waals surface area contributed by atoms with Crippen LogP contribution in [0.4, 0.5) is 0 Å². The normalized spacial score (nSPS) is 21.8. The Morgan fingerprint density at radius 3 is 2.83 bits per heavy atom. The predicted molar refractivity (Wildman–Crippen MR) is 92.4 cm³/mol. The van der Waals surface area contributed by atoms with E-state index in [4.69, 9.17) is 4.74 Å². The van der Waals surface area contributed by atoms with Crippen LogP contribution in [-0.4, -0.2) is 68.7 Å². The van der Waals surface area contributed by atoms with Crippen molar-refractivity contribution in [2.75, 3.05) is 40.8 Å². The van der Waals surface area contributed by atoms with Crippen LogP contribution in [0.3, 0.4) is 0 Å². The van der Waals surface area contributed by atoms with Crippen molar-refractivity contribution in [1.82, 2.24) is 15.1 Å². The molecule has 0 aromatic heterocycles. The summed E-state index contributed by atoms with van der Waals surface area (Å²) in [5.74, 6) is 0.0692. The molecule has 0 spiro atoms. The molecule has 1 heterocycles. The number of nitrogens with zero attached hydrogens (tertiary/aromatic N) is 2. The lowest BCUT2D eigenvalue weighted by atomic mass is 10.1. The number of amides is 1. The fourth-order valence-electron chi connectivity index (χ4n) is 3.14. The molecular formula is C18H29N3O2. The van der Waals surface area contributed by atoms with Crippen molar-refractivity contribution in [2.45, 2.75) is 32.0 Å². The van der Waals surface area contributed by atoms with Crippen LogP contribution < -0.4 is 5.32 Å². The van der Waals surface area contributed by atoms with Gasteiger partial charge < -0.3 is 10.1 Å². The highest BCUT2D eigenvalue weighted by Gasteiger charge is 2.30. The maximum Gasteiger partial charge on any atom is 0.234 e. The molecule has 0 saturated carbocycles. The van der Waals surface area contributed by atoms with Crippen molar-refractivity contribution >= 4 is 5.91 Å². The van der Waals surface area contributed by atoms with E-state index in [9.17, 15) is 4.79 Å². The van der Waals surface area contributed by atoms with Gasteiger partial charge in [0.2, 0.25) is 5.91 Å². The Hall–Kier alpha value is -1.43. The molecule has 5 nitrogen and oxygen atoms in total. The molecule has 1 N–H and O–H groups in total. The lowest BCUT2D eigenvalue weighted by Gasteiger charge is -2.25. The second-order valence-electron chi connectivity index (χ2n) is 6.59. The van der Waals surface area contributed by atoms with Gasteiger partial charge >= 0.3 is 0 Å². The van der Waals surface area contributed by atoms with E-state index in [1.54, 1.807) is 7.11 Å². The summed E-state index contributed by atoms with van der Waals surface area (Å²) in [6.45, 7) is 4.93. The average molecular weight is 319 g/mol. The highest BCUT2D eigenvalue weighted by molar-refractivity contribution is 5.78. The highest BCUT2D eigenvalue weighted by atomic mass is 16.5. The van der Waals surface area contributed by atoms with Crippen molar-refractivity contribution < 1.29 is 9.53 Å². The number of nitrogens with one attached hydrogen (secondary N) is 1. The largest absolute Gasteiger partial charge is 0.380 e. The number of ether oxygens (including phenoxy) is 1. The monoisotopic (exact) mass is 319 g/mol. The topological polar surface area (TPSA) is 44.8 Å². The summed E-state index contributed by atoms with van der Waals surface area (Å²) >= 11 is 0. The number of carbonyl (C=O) groups excluding carboxylic acids is 1. The Kier molecular flexibility index (Phi) is 6.57. The first-order valence-corrected chi connectivity index (χ1v) is 8.22. The first-order valence-electron chi connectivity index (χ1n) is 8.22. The number of benzene rings is 1. The van der Waals surface area contributed by atoms with Gasteiger partial charge in [-0.2, -0.15) is 0 Å². The van der Waals surface area contributed by atoms with E-state index in [0.29, 0.717) is 25.2 Å². The van der Waals surface area contributed by atoms with E-state index < -0.39 is 0 Å². The molecule has 1 aliphatic heterocycles. The Balaban J connectivity index is 1.73. The third kappa shape index (κ3) is 5.30. The zero-order chi connectivity index (χ0) is 16.8. The van der Waals surface area contributed by atoms with Gasteiger partial charge in [-0.3, -0.25) is 14.6 Å². The first-order chi connectivity index (χ1) is 11.0. The maximum atomic E-state index is 12.1. The molecule has 0 unspecified atom stereocenters. The van der Waals surface area contributed by atoms with Crippen LogP contribution in [0.2, 0.25) is 0 Å². The molecule has 1 fully saturated rings. The van der Waals surface area contributed by atoms with Crippen molar-refractivity contribution in [3.8, 4) is 0 Å². The molecule has 0 aliphatic carbocycles. The number of rotatable bonds is 7. The first kappa shape index (κ1) is 17.9. The molecule has 1 aromatic carbocycles. The smallest absolute Gasteiger partial charge is 0.234 e. The van der Waals surface area contributed by atoms with Crippen LogP contribution in [0.15, 0.2) is 24.3 Å². The Morgan fingerprint density at radius 2 is 2.17 bits per heavy atom. The molecule has 23 heavy (non-hydrogen) atoms. The van der Waals surface area contributed by atoms with Gasteiger partial charge in [-0.1, -0.05) is 24.3 Å². The van der Waals surface area contributed by atoms with Crippen molar-refractivity contribution in [2.24, 2.45) is 0 Å². The maximum absolute atomic E-state index is 12.1. The van der Waals surface area contributed by atoms with Gasteiger partial charge in [0.1, 0.15) is 0 Å². The second kappa shape index (κ2) is 8.43. The lowest BCUT2D eigenvalue weighted by Crippen LogP contribution is -2.41. The standard InChI is InChI=1S/C18H29N3O2/c1-14-7-5-6-8-15(14)10-19-18(22)13-20(2)11-16-9-17(23-4)12-21(16)3/h5-8,16-17H,9-13H2,1-4H3,(H,19,22)/t16-,17-/m0/s1. The molecule has 5 heteroatoms. The van der Waals surface area contributed by atoms with Crippen LogP contribution in [0.25, 0.3) is 0 Å². The summed E-state index contributed by atoms with van der Waals surface area (Å²) < 4.78 is 5.43. The van der Waals surface area contributed by atoms with Crippen molar-refractivity contribution in [1.29, 1.82) is 0 Å². The number of aryl methyl sites for hydroxylation is 1. The number of likely N-dealkylation sites (tertiary alicyclic amines) is 1. The molecular weight excluding hydrogens is 290 g/mol. The summed E-state index contributed by atoms with van der Waals surface area (Å²) in [4.78, 5) is 16.5. The quantitative estimate of drug-likeness (QED) is 0.822. The van der Waals surface area contributed by atoms with E-state index in [0.717, 1.165) is 19.5 Å². The molecule has 2 atom stereocenters. The van der Waals surface area contributed by atoms with E-state index in [1.165, 1.54) is 11.1 Å².